The van der Waals surface area contributed by atoms with Crippen molar-refractivity contribution in [1.29, 1.82) is 0 Å². The number of hydrogen-bond acceptors (Lipinski definition) is 3. The Bertz CT molecular complexity index is 461. The minimum absolute atomic E-state index is 0.0245. The van der Waals surface area contributed by atoms with Gasteiger partial charge < -0.3 is 15.2 Å². The van der Waals surface area contributed by atoms with Crippen LogP contribution in [0.2, 0.25) is 0 Å². The van der Waals surface area contributed by atoms with Gasteiger partial charge in [0.2, 0.25) is 0 Å². The second kappa shape index (κ2) is 7.70. The van der Waals surface area contributed by atoms with Gasteiger partial charge >= 0.3 is 6.09 Å². The van der Waals surface area contributed by atoms with Crippen molar-refractivity contribution in [2.45, 2.75) is 39.4 Å². The van der Waals surface area contributed by atoms with Crippen molar-refractivity contribution in [3.8, 4) is 0 Å². The molecule has 1 aromatic rings. The molecule has 0 saturated heterocycles. The summed E-state index contributed by atoms with van der Waals surface area (Å²) >= 11 is 0. The molecule has 0 radical (unpaired) electrons. The number of amides is 1. The summed E-state index contributed by atoms with van der Waals surface area (Å²) in [5, 5.41) is 11.9. The third-order valence-electron chi connectivity index (χ3n) is 2.50. The number of alkyl carbamates (subject to hydrolysis) is 1. The van der Waals surface area contributed by atoms with E-state index < -0.39 is 11.7 Å². The smallest absolute Gasteiger partial charge is 0.407 e. The van der Waals surface area contributed by atoms with E-state index in [0.717, 1.165) is 11.1 Å². The van der Waals surface area contributed by atoms with Crippen molar-refractivity contribution in [2.24, 2.45) is 0 Å². The molecule has 110 valence electrons. The quantitative estimate of drug-likeness (QED) is 0.813. The second-order valence-electron chi connectivity index (χ2n) is 5.48. The van der Waals surface area contributed by atoms with Crippen LogP contribution in [-0.4, -0.2) is 23.3 Å². The van der Waals surface area contributed by atoms with E-state index in [0.29, 0.717) is 13.0 Å². The first-order valence-corrected chi connectivity index (χ1v) is 6.74. The number of benzene rings is 1. The Balaban J connectivity index is 2.34. The number of aliphatic hydroxyl groups excluding tert-OH is 1. The minimum Gasteiger partial charge on any atom is -0.444 e. The van der Waals surface area contributed by atoms with Gasteiger partial charge in [0, 0.05) is 6.54 Å². The molecule has 0 spiro atoms. The summed E-state index contributed by atoms with van der Waals surface area (Å²) in [5.41, 5.74) is 1.41. The van der Waals surface area contributed by atoms with Gasteiger partial charge in [-0.15, -0.1) is 0 Å². The molecule has 0 heterocycles. The van der Waals surface area contributed by atoms with Gasteiger partial charge in [-0.3, -0.25) is 0 Å². The number of rotatable bonds is 5. The fraction of sp³-hybridized carbons (Fsp3) is 0.438. The maximum absolute atomic E-state index is 11.4. The first kappa shape index (κ1) is 16.2. The highest BCUT2D eigenvalue weighted by molar-refractivity contribution is 5.67. The van der Waals surface area contributed by atoms with Gasteiger partial charge in [0.25, 0.3) is 0 Å². The van der Waals surface area contributed by atoms with Crippen LogP contribution < -0.4 is 5.32 Å². The summed E-state index contributed by atoms with van der Waals surface area (Å²) in [6, 6.07) is 7.66. The van der Waals surface area contributed by atoms with Crippen molar-refractivity contribution < 1.29 is 14.6 Å². The lowest BCUT2D eigenvalue weighted by atomic mass is 10.1. The van der Waals surface area contributed by atoms with Crippen LogP contribution >= 0.6 is 0 Å². The van der Waals surface area contributed by atoms with Crippen LogP contribution in [-0.2, 0) is 11.3 Å². The number of ether oxygens (including phenoxy) is 1. The van der Waals surface area contributed by atoms with Crippen LogP contribution in [0.1, 0.15) is 38.3 Å². The van der Waals surface area contributed by atoms with Gasteiger partial charge in [0.15, 0.2) is 0 Å². The summed E-state index contributed by atoms with van der Waals surface area (Å²) < 4.78 is 5.13. The Hall–Kier alpha value is -1.81. The molecular weight excluding hydrogens is 254 g/mol. The Morgan fingerprint density at radius 1 is 1.35 bits per heavy atom. The summed E-state index contributed by atoms with van der Waals surface area (Å²) in [6.07, 6.45) is 4.22. The molecule has 20 heavy (non-hydrogen) atoms. The Morgan fingerprint density at radius 2 is 2.05 bits per heavy atom. The average molecular weight is 277 g/mol. The third kappa shape index (κ3) is 6.38. The molecule has 0 aliphatic carbocycles. The summed E-state index contributed by atoms with van der Waals surface area (Å²) in [4.78, 5) is 11.4. The van der Waals surface area contributed by atoms with Gasteiger partial charge in [-0.1, -0.05) is 36.4 Å². The van der Waals surface area contributed by atoms with Gasteiger partial charge in [-0.2, -0.15) is 0 Å². The first-order chi connectivity index (χ1) is 9.42. The molecule has 0 aromatic heterocycles. The normalized spacial score (nSPS) is 11.6. The Morgan fingerprint density at radius 3 is 2.70 bits per heavy atom. The minimum atomic E-state index is -0.472. The lowest BCUT2D eigenvalue weighted by molar-refractivity contribution is 0.0529. The molecule has 0 aliphatic rings. The van der Waals surface area contributed by atoms with E-state index in [4.69, 9.17) is 4.74 Å². The third-order valence-corrected chi connectivity index (χ3v) is 2.50. The van der Waals surface area contributed by atoms with E-state index in [-0.39, 0.29) is 6.61 Å². The summed E-state index contributed by atoms with van der Waals surface area (Å²) in [7, 11) is 0. The van der Waals surface area contributed by atoms with Crippen molar-refractivity contribution in [3.63, 3.8) is 0 Å². The number of carbonyl (C=O) groups is 1. The average Bonchev–Trinajstić information content (AvgIpc) is 2.36. The topological polar surface area (TPSA) is 58.6 Å². The number of aliphatic hydroxyl groups is 1. The van der Waals surface area contributed by atoms with Crippen molar-refractivity contribution in [3.05, 3.63) is 41.5 Å². The van der Waals surface area contributed by atoms with Crippen LogP contribution in [0.15, 0.2) is 30.3 Å². The van der Waals surface area contributed by atoms with Crippen molar-refractivity contribution in [1.82, 2.24) is 5.32 Å². The number of nitrogens with one attached hydrogen (secondary N) is 1. The molecule has 1 aromatic carbocycles. The fourth-order valence-electron chi connectivity index (χ4n) is 1.62. The predicted molar refractivity (Wildman–Crippen MR) is 80.3 cm³/mol. The zero-order valence-corrected chi connectivity index (χ0v) is 12.3. The van der Waals surface area contributed by atoms with E-state index in [1.807, 2.05) is 57.2 Å². The standard InChI is InChI=1S/C16H23NO3/c1-16(2,3)20-15(19)17-11-7-6-9-13-8-4-5-10-14(13)12-18/h4-6,8-10,18H,7,11-12H2,1-3H3,(H,17,19). The maximum Gasteiger partial charge on any atom is 0.407 e. The van der Waals surface area contributed by atoms with Gasteiger partial charge in [-0.25, -0.2) is 4.79 Å². The number of hydrogen-bond donors (Lipinski definition) is 2. The zero-order chi connectivity index (χ0) is 15.0. The SMILES string of the molecule is CC(C)(C)OC(=O)NCCC=Cc1ccccc1CO. The molecule has 0 aliphatic heterocycles. The molecule has 4 heteroatoms. The summed E-state index contributed by atoms with van der Waals surface area (Å²) in [5.74, 6) is 0. The fourth-order valence-corrected chi connectivity index (χ4v) is 1.62. The van der Waals surface area contributed by atoms with Gasteiger partial charge in [-0.05, 0) is 38.3 Å². The van der Waals surface area contributed by atoms with Crippen LogP contribution in [0.5, 0.6) is 0 Å². The highest BCUT2D eigenvalue weighted by Gasteiger charge is 2.15. The monoisotopic (exact) mass is 277 g/mol. The van der Waals surface area contributed by atoms with E-state index >= 15 is 0 Å². The van der Waals surface area contributed by atoms with E-state index in [9.17, 15) is 9.90 Å². The van der Waals surface area contributed by atoms with Gasteiger partial charge in [0.05, 0.1) is 6.61 Å². The van der Waals surface area contributed by atoms with Crippen molar-refractivity contribution in [2.75, 3.05) is 6.54 Å². The lowest BCUT2D eigenvalue weighted by Gasteiger charge is -2.19. The molecule has 0 saturated carbocycles. The molecular formula is C16H23NO3. The van der Waals surface area contributed by atoms with E-state index in [1.165, 1.54) is 0 Å². The molecule has 1 amide bonds. The highest BCUT2D eigenvalue weighted by atomic mass is 16.6. The molecule has 0 fully saturated rings. The Labute approximate surface area is 120 Å². The molecule has 1 rings (SSSR count). The van der Waals surface area contributed by atoms with E-state index in [1.54, 1.807) is 0 Å². The zero-order valence-electron chi connectivity index (χ0n) is 12.3. The predicted octanol–water partition coefficient (Wildman–Crippen LogP) is 3.11. The van der Waals surface area contributed by atoms with Crippen LogP contribution in [0.25, 0.3) is 6.08 Å². The molecule has 0 atom stereocenters. The summed E-state index contributed by atoms with van der Waals surface area (Å²) in [6.45, 7) is 6.04. The molecule has 0 unspecified atom stereocenters. The van der Waals surface area contributed by atoms with Crippen LogP contribution in [0.4, 0.5) is 4.79 Å². The number of carbonyl (C=O) groups excluding carboxylic acids is 1. The highest BCUT2D eigenvalue weighted by Crippen LogP contribution is 2.10. The first-order valence-electron chi connectivity index (χ1n) is 6.74. The molecule has 4 nitrogen and oxygen atoms in total. The molecule has 2 N–H and O–H groups in total. The Kier molecular flexibility index (Phi) is 6.25. The van der Waals surface area contributed by atoms with Crippen molar-refractivity contribution >= 4 is 12.2 Å². The lowest BCUT2D eigenvalue weighted by Crippen LogP contribution is -2.32. The van der Waals surface area contributed by atoms with Crippen LogP contribution in [0, 0.1) is 0 Å². The van der Waals surface area contributed by atoms with Crippen LogP contribution in [0.3, 0.4) is 0 Å². The largest absolute Gasteiger partial charge is 0.444 e. The van der Waals surface area contributed by atoms with E-state index in [2.05, 4.69) is 5.32 Å². The maximum atomic E-state index is 11.4. The molecule has 0 bridgehead atoms. The van der Waals surface area contributed by atoms with Gasteiger partial charge in [0.1, 0.15) is 5.60 Å². The second-order valence-corrected chi connectivity index (χ2v) is 5.48.